The Labute approximate surface area is 188 Å². The topological polar surface area (TPSA) is 9.23 Å². The van der Waals surface area contributed by atoms with Gasteiger partial charge in [0.25, 0.3) is 0 Å². The molecule has 0 spiro atoms. The molecule has 0 amide bonds. The molecule has 1 nitrogen and oxygen atoms in total. The average molecular weight is 456 g/mol. The zero-order valence-corrected chi connectivity index (χ0v) is 17.8. The smallest absolute Gasteiger partial charge is 0.387 e. The van der Waals surface area contributed by atoms with Gasteiger partial charge in [-0.1, -0.05) is 67.9 Å². The second kappa shape index (κ2) is 9.61. The highest BCUT2D eigenvalue weighted by Gasteiger charge is 2.18. The maximum absolute atomic E-state index is 15.2. The number of alkyl halides is 2. The number of halogens is 5. The first-order chi connectivity index (χ1) is 15.9. The van der Waals surface area contributed by atoms with Gasteiger partial charge >= 0.3 is 6.61 Å². The van der Waals surface area contributed by atoms with E-state index in [0.717, 1.165) is 36.8 Å². The number of ether oxygens (including phenoxy) is 1. The van der Waals surface area contributed by atoms with Crippen molar-refractivity contribution < 1.29 is 26.7 Å². The molecule has 4 rings (SSSR count). The summed E-state index contributed by atoms with van der Waals surface area (Å²) in [5.41, 5.74) is 2.78. The van der Waals surface area contributed by atoms with Crippen molar-refractivity contribution in [3.8, 4) is 28.0 Å². The number of benzene rings is 4. The minimum Gasteiger partial charge on any atom is -0.429 e. The number of hydrogen-bond donors (Lipinski definition) is 0. The Morgan fingerprint density at radius 3 is 2.06 bits per heavy atom. The van der Waals surface area contributed by atoms with Gasteiger partial charge in [-0.2, -0.15) is 8.78 Å². The van der Waals surface area contributed by atoms with Gasteiger partial charge in [0, 0.05) is 10.9 Å². The predicted molar refractivity (Wildman–Crippen MR) is 120 cm³/mol. The van der Waals surface area contributed by atoms with Crippen LogP contribution in [0.1, 0.15) is 25.3 Å². The lowest BCUT2D eigenvalue weighted by atomic mass is 9.96. The van der Waals surface area contributed by atoms with Gasteiger partial charge < -0.3 is 4.74 Å². The zero-order valence-electron chi connectivity index (χ0n) is 17.8. The summed E-state index contributed by atoms with van der Waals surface area (Å²) >= 11 is 0. The van der Waals surface area contributed by atoms with Gasteiger partial charge in [0.05, 0.1) is 0 Å². The molecule has 0 aliphatic heterocycles. The summed E-state index contributed by atoms with van der Waals surface area (Å²) < 4.78 is 71.9. The van der Waals surface area contributed by atoms with Crippen LogP contribution in [0.25, 0.3) is 33.0 Å². The van der Waals surface area contributed by atoms with Crippen LogP contribution in [0.2, 0.25) is 0 Å². The molecule has 0 saturated heterocycles. The molecule has 0 fully saturated rings. The van der Waals surface area contributed by atoms with Crippen molar-refractivity contribution in [1.29, 1.82) is 0 Å². The highest BCUT2D eigenvalue weighted by molar-refractivity contribution is 5.89. The summed E-state index contributed by atoms with van der Waals surface area (Å²) in [5, 5.41) is 1.36. The Balaban J connectivity index is 1.64. The first-order valence-corrected chi connectivity index (χ1v) is 10.6. The van der Waals surface area contributed by atoms with Crippen LogP contribution in [-0.2, 0) is 6.42 Å². The van der Waals surface area contributed by atoms with E-state index in [0.29, 0.717) is 22.1 Å². The van der Waals surface area contributed by atoms with Crippen LogP contribution in [0.5, 0.6) is 5.75 Å². The molecule has 33 heavy (non-hydrogen) atoms. The third kappa shape index (κ3) is 4.85. The molecule has 0 aromatic heterocycles. The van der Waals surface area contributed by atoms with Crippen molar-refractivity contribution in [3.63, 3.8) is 0 Å². The molecule has 0 heterocycles. The average Bonchev–Trinajstić information content (AvgIpc) is 2.80. The second-order valence-corrected chi connectivity index (χ2v) is 7.81. The fourth-order valence-corrected chi connectivity index (χ4v) is 3.87. The van der Waals surface area contributed by atoms with Crippen LogP contribution in [0.4, 0.5) is 22.0 Å². The summed E-state index contributed by atoms with van der Waals surface area (Å²) in [4.78, 5) is 0. The number of unbranched alkanes of at least 4 members (excludes halogenated alkanes) is 1. The SMILES string of the molecule is CCCCc1ccc2c(F)c(-c3ccc(-c4cc(F)c(OC(F)F)c(F)c4)cc3)ccc2c1. The van der Waals surface area contributed by atoms with E-state index in [9.17, 15) is 17.6 Å². The highest BCUT2D eigenvalue weighted by Crippen LogP contribution is 2.33. The van der Waals surface area contributed by atoms with Crippen molar-refractivity contribution in [3.05, 3.63) is 89.7 Å². The van der Waals surface area contributed by atoms with E-state index in [1.54, 1.807) is 36.4 Å². The van der Waals surface area contributed by atoms with E-state index in [4.69, 9.17) is 0 Å². The van der Waals surface area contributed by atoms with Gasteiger partial charge in [0.1, 0.15) is 5.82 Å². The summed E-state index contributed by atoms with van der Waals surface area (Å²) in [6.45, 7) is -1.21. The Kier molecular flexibility index (Phi) is 6.63. The van der Waals surface area contributed by atoms with Gasteiger partial charge in [-0.25, -0.2) is 13.2 Å². The van der Waals surface area contributed by atoms with Crippen LogP contribution in [0.15, 0.2) is 66.7 Å². The number of rotatable bonds is 7. The molecule has 0 radical (unpaired) electrons. The van der Waals surface area contributed by atoms with E-state index in [2.05, 4.69) is 11.7 Å². The van der Waals surface area contributed by atoms with Gasteiger partial charge in [-0.15, -0.1) is 0 Å². The third-order valence-corrected chi connectivity index (χ3v) is 5.57. The Morgan fingerprint density at radius 1 is 0.758 bits per heavy atom. The van der Waals surface area contributed by atoms with E-state index in [1.165, 1.54) is 5.56 Å². The molecular weight excluding hydrogens is 435 g/mol. The molecule has 0 saturated carbocycles. The lowest BCUT2D eigenvalue weighted by molar-refractivity contribution is -0.0546. The molecule has 0 aliphatic carbocycles. The van der Waals surface area contributed by atoms with Crippen molar-refractivity contribution in [2.75, 3.05) is 0 Å². The van der Waals surface area contributed by atoms with Crippen LogP contribution in [-0.4, -0.2) is 6.61 Å². The van der Waals surface area contributed by atoms with Crippen molar-refractivity contribution >= 4 is 10.8 Å². The Bertz CT molecular complexity index is 1260. The number of hydrogen-bond acceptors (Lipinski definition) is 1. The summed E-state index contributed by atoms with van der Waals surface area (Å²) in [6, 6.07) is 17.7. The predicted octanol–water partition coefficient (Wildman–Crippen LogP) is 8.54. The zero-order chi connectivity index (χ0) is 23.5. The molecular formula is C27H21F5O. The quantitative estimate of drug-likeness (QED) is 0.253. The largest absolute Gasteiger partial charge is 0.429 e. The molecule has 4 aromatic rings. The van der Waals surface area contributed by atoms with Crippen molar-refractivity contribution in [1.82, 2.24) is 0 Å². The first kappa shape index (κ1) is 22.8. The lowest BCUT2D eigenvalue weighted by Gasteiger charge is -2.11. The maximum Gasteiger partial charge on any atom is 0.387 e. The van der Waals surface area contributed by atoms with Crippen LogP contribution in [0.3, 0.4) is 0 Å². The molecule has 0 bridgehead atoms. The minimum atomic E-state index is -3.33. The molecule has 170 valence electrons. The molecule has 0 aliphatic rings. The fourth-order valence-electron chi connectivity index (χ4n) is 3.87. The maximum atomic E-state index is 15.2. The lowest BCUT2D eigenvalue weighted by Crippen LogP contribution is -2.06. The van der Waals surface area contributed by atoms with Gasteiger partial charge in [-0.3, -0.25) is 0 Å². The normalized spacial score (nSPS) is 11.4. The van der Waals surface area contributed by atoms with Crippen LogP contribution >= 0.6 is 0 Å². The monoisotopic (exact) mass is 456 g/mol. The molecule has 6 heteroatoms. The molecule has 4 aromatic carbocycles. The Hall–Kier alpha value is -3.41. The van der Waals surface area contributed by atoms with E-state index >= 15 is 4.39 Å². The second-order valence-electron chi connectivity index (χ2n) is 7.81. The van der Waals surface area contributed by atoms with Crippen LogP contribution < -0.4 is 4.74 Å². The van der Waals surface area contributed by atoms with E-state index in [1.807, 2.05) is 18.2 Å². The van der Waals surface area contributed by atoms with Gasteiger partial charge in [0.2, 0.25) is 0 Å². The van der Waals surface area contributed by atoms with Crippen molar-refractivity contribution in [2.45, 2.75) is 32.8 Å². The fraction of sp³-hybridized carbons (Fsp3) is 0.185. The molecule has 0 unspecified atom stereocenters. The molecule has 0 N–H and O–H groups in total. The molecule has 0 atom stereocenters. The highest BCUT2D eigenvalue weighted by atomic mass is 19.3. The third-order valence-electron chi connectivity index (χ3n) is 5.57. The van der Waals surface area contributed by atoms with Gasteiger partial charge in [-0.05, 0) is 52.6 Å². The van der Waals surface area contributed by atoms with Gasteiger partial charge in [0.15, 0.2) is 17.4 Å². The van der Waals surface area contributed by atoms with Crippen molar-refractivity contribution in [2.24, 2.45) is 0 Å². The summed E-state index contributed by atoms with van der Waals surface area (Å²) in [6.07, 6.45) is 3.12. The summed E-state index contributed by atoms with van der Waals surface area (Å²) in [7, 11) is 0. The first-order valence-electron chi connectivity index (χ1n) is 10.6. The van der Waals surface area contributed by atoms with E-state index < -0.39 is 24.0 Å². The standard InChI is InChI=1S/C27H21F5O/c1-2-3-4-16-5-11-22-19(13-16)10-12-21(25(22)30)18-8-6-17(7-9-18)20-14-23(28)26(24(29)15-20)33-27(31)32/h5-15,27H,2-4H2,1H3. The summed E-state index contributed by atoms with van der Waals surface area (Å²) in [5.74, 6) is -3.92. The Morgan fingerprint density at radius 2 is 1.42 bits per heavy atom. The van der Waals surface area contributed by atoms with Crippen LogP contribution in [0, 0.1) is 17.5 Å². The van der Waals surface area contributed by atoms with E-state index in [-0.39, 0.29) is 11.4 Å². The minimum absolute atomic E-state index is 0.150. The number of fused-ring (bicyclic) bond motifs is 1. The number of aryl methyl sites for hydroxylation is 1.